The molecule has 0 saturated carbocycles. The van der Waals surface area contributed by atoms with Crippen LogP contribution in [0.3, 0.4) is 0 Å². The summed E-state index contributed by atoms with van der Waals surface area (Å²) in [7, 11) is 1.28. The van der Waals surface area contributed by atoms with E-state index in [0.29, 0.717) is 17.1 Å². The first-order chi connectivity index (χ1) is 10.0. The molecule has 0 bridgehead atoms. The third-order valence-corrected chi connectivity index (χ3v) is 4.15. The number of cyclic esters (lactones) is 1. The maximum absolute atomic E-state index is 14.0. The number of methoxy groups -OCH3 is 1. The number of anilines is 1. The Bertz CT molecular complexity index is 552. The first-order valence-corrected chi connectivity index (χ1v) is 7.51. The number of benzene rings is 1. The second-order valence-electron chi connectivity index (χ2n) is 4.50. The Balaban J connectivity index is 2.08. The van der Waals surface area contributed by atoms with Gasteiger partial charge in [-0.1, -0.05) is 6.92 Å². The Labute approximate surface area is 126 Å². The summed E-state index contributed by atoms with van der Waals surface area (Å²) in [6, 6.07) is 4.46. The topological polar surface area (TPSA) is 55.8 Å². The average Bonchev–Trinajstić information content (AvgIpc) is 2.86. The lowest BCUT2D eigenvalue weighted by atomic mass is 10.2. The van der Waals surface area contributed by atoms with Crippen molar-refractivity contribution >= 4 is 29.5 Å². The molecule has 0 radical (unpaired) electrons. The number of esters is 1. The summed E-state index contributed by atoms with van der Waals surface area (Å²) in [5, 5.41) is 0. The molecule has 1 aromatic rings. The van der Waals surface area contributed by atoms with Crippen molar-refractivity contribution in [1.29, 1.82) is 0 Å². The van der Waals surface area contributed by atoms with Gasteiger partial charge in [-0.15, -0.1) is 11.8 Å². The molecule has 1 fully saturated rings. The lowest BCUT2D eigenvalue weighted by Gasteiger charge is -2.14. The van der Waals surface area contributed by atoms with Crippen molar-refractivity contribution in [2.45, 2.75) is 24.3 Å². The summed E-state index contributed by atoms with van der Waals surface area (Å²) in [5.74, 6) is -0.859. The van der Waals surface area contributed by atoms with Gasteiger partial charge >= 0.3 is 12.1 Å². The smallest absolute Gasteiger partial charge is 0.414 e. The van der Waals surface area contributed by atoms with Gasteiger partial charge in [0, 0.05) is 4.90 Å². The zero-order chi connectivity index (χ0) is 15.4. The van der Waals surface area contributed by atoms with Crippen molar-refractivity contribution in [1.82, 2.24) is 0 Å². The van der Waals surface area contributed by atoms with Gasteiger partial charge in [0.2, 0.25) is 0 Å². The maximum atomic E-state index is 14.0. The number of thioether (sulfide) groups is 1. The normalized spacial score (nSPS) is 17.8. The summed E-state index contributed by atoms with van der Waals surface area (Å²) in [6.45, 7) is 2.35. The summed E-state index contributed by atoms with van der Waals surface area (Å²) in [5.41, 5.74) is 0.455. The highest BCUT2D eigenvalue weighted by molar-refractivity contribution is 8.00. The molecule has 0 N–H and O–H groups in total. The largest absolute Gasteiger partial charge is 0.468 e. The Morgan fingerprint density at radius 3 is 2.90 bits per heavy atom. The fourth-order valence-corrected chi connectivity index (χ4v) is 2.67. The Kier molecular flexibility index (Phi) is 5.06. The predicted octanol–water partition coefficient (Wildman–Crippen LogP) is 2.83. The number of nitrogens with zero attached hydrogens (tertiary/aromatic N) is 1. The first kappa shape index (κ1) is 15.6. The highest BCUT2D eigenvalue weighted by atomic mass is 32.2. The van der Waals surface area contributed by atoms with Crippen LogP contribution >= 0.6 is 11.8 Å². The van der Waals surface area contributed by atoms with Crippen LogP contribution in [0.5, 0.6) is 0 Å². The molecular formula is C14H16FNO4S. The van der Waals surface area contributed by atoms with E-state index in [0.717, 1.165) is 18.2 Å². The fourth-order valence-electron chi connectivity index (χ4n) is 1.92. The molecule has 0 unspecified atom stereocenters. The van der Waals surface area contributed by atoms with Crippen LogP contribution in [-0.4, -0.2) is 37.6 Å². The van der Waals surface area contributed by atoms with Crippen LogP contribution in [0.4, 0.5) is 14.9 Å². The van der Waals surface area contributed by atoms with Crippen molar-refractivity contribution in [2.24, 2.45) is 0 Å². The van der Waals surface area contributed by atoms with E-state index in [4.69, 9.17) is 4.74 Å². The highest BCUT2D eigenvalue weighted by Gasteiger charge is 2.31. The number of carbonyl (C=O) groups excluding carboxylic acids is 2. The molecule has 1 amide bonds. The quantitative estimate of drug-likeness (QED) is 0.618. The van der Waals surface area contributed by atoms with Crippen LogP contribution in [0.15, 0.2) is 23.1 Å². The second kappa shape index (κ2) is 6.80. The van der Waals surface area contributed by atoms with Gasteiger partial charge in [0.15, 0.2) is 0 Å². The zero-order valence-electron chi connectivity index (χ0n) is 11.8. The minimum atomic E-state index is -0.478. The minimum absolute atomic E-state index is 0.0381. The van der Waals surface area contributed by atoms with E-state index in [1.54, 1.807) is 12.1 Å². The van der Waals surface area contributed by atoms with Crippen molar-refractivity contribution in [3.05, 3.63) is 24.0 Å². The van der Waals surface area contributed by atoms with Crippen LogP contribution in [0.1, 0.15) is 13.3 Å². The molecule has 1 saturated heterocycles. The van der Waals surface area contributed by atoms with Crippen LogP contribution < -0.4 is 4.90 Å². The van der Waals surface area contributed by atoms with Gasteiger partial charge in [-0.2, -0.15) is 0 Å². The molecular weight excluding hydrogens is 297 g/mol. The van der Waals surface area contributed by atoms with Crippen molar-refractivity contribution in [2.75, 3.05) is 24.3 Å². The van der Waals surface area contributed by atoms with E-state index in [-0.39, 0.29) is 11.9 Å². The van der Waals surface area contributed by atoms with Crippen LogP contribution in [0, 0.1) is 5.82 Å². The number of ether oxygens (including phenoxy) is 2. The number of hydrogen-bond donors (Lipinski definition) is 0. The Hall–Kier alpha value is -1.76. The zero-order valence-corrected chi connectivity index (χ0v) is 12.6. The number of amides is 1. The van der Waals surface area contributed by atoms with Crippen LogP contribution in [-0.2, 0) is 14.3 Å². The molecule has 7 heteroatoms. The lowest BCUT2D eigenvalue weighted by molar-refractivity contribution is -0.137. The molecule has 114 valence electrons. The third kappa shape index (κ3) is 3.66. The van der Waals surface area contributed by atoms with E-state index in [9.17, 15) is 14.0 Å². The first-order valence-electron chi connectivity index (χ1n) is 6.52. The molecule has 2 rings (SSSR count). The summed E-state index contributed by atoms with van der Waals surface area (Å²) in [4.78, 5) is 24.5. The molecule has 0 aromatic heterocycles. The van der Waals surface area contributed by atoms with Crippen molar-refractivity contribution in [3.63, 3.8) is 0 Å². The number of halogens is 1. The minimum Gasteiger partial charge on any atom is -0.468 e. The van der Waals surface area contributed by atoms with E-state index in [1.807, 2.05) is 6.92 Å². The molecule has 1 aliphatic rings. The molecule has 0 aliphatic carbocycles. The van der Waals surface area contributed by atoms with E-state index < -0.39 is 17.9 Å². The molecule has 5 nitrogen and oxygen atoms in total. The van der Waals surface area contributed by atoms with E-state index >= 15 is 0 Å². The molecule has 0 spiro atoms. The molecule has 1 heterocycles. The fraction of sp³-hybridized carbons (Fsp3) is 0.429. The van der Waals surface area contributed by atoms with Crippen LogP contribution in [0.2, 0.25) is 0 Å². The molecule has 1 aliphatic heterocycles. The van der Waals surface area contributed by atoms with Gasteiger partial charge in [-0.3, -0.25) is 9.69 Å². The monoisotopic (exact) mass is 313 g/mol. The van der Waals surface area contributed by atoms with Gasteiger partial charge in [0.05, 0.1) is 25.1 Å². The Morgan fingerprint density at radius 2 is 2.33 bits per heavy atom. The number of carbonyl (C=O) groups is 2. The summed E-state index contributed by atoms with van der Waals surface area (Å²) in [6.07, 6.45) is 0.0998. The summed E-state index contributed by atoms with van der Waals surface area (Å²) < 4.78 is 23.7. The van der Waals surface area contributed by atoms with Crippen molar-refractivity contribution < 1.29 is 23.5 Å². The standard InChI is InChI=1S/C14H16FNO4S/c1-3-10-7-16(14(18)20-10)9-4-5-12(11(15)6-9)21-8-13(17)19-2/h4-6,10H,3,7-8H2,1-2H3/t10-/m0/s1. The second-order valence-corrected chi connectivity index (χ2v) is 5.52. The highest BCUT2D eigenvalue weighted by Crippen LogP contribution is 2.29. The maximum Gasteiger partial charge on any atom is 0.414 e. The van der Waals surface area contributed by atoms with Gasteiger partial charge < -0.3 is 9.47 Å². The SMILES string of the molecule is CC[C@H]1CN(c2ccc(SCC(=O)OC)c(F)c2)C(=O)O1. The van der Waals surface area contributed by atoms with Gasteiger partial charge in [0.1, 0.15) is 11.9 Å². The van der Waals surface area contributed by atoms with E-state index in [2.05, 4.69) is 4.74 Å². The average molecular weight is 313 g/mol. The third-order valence-electron chi connectivity index (χ3n) is 3.13. The lowest BCUT2D eigenvalue weighted by Crippen LogP contribution is -2.24. The van der Waals surface area contributed by atoms with Crippen LogP contribution in [0.25, 0.3) is 0 Å². The Morgan fingerprint density at radius 1 is 1.57 bits per heavy atom. The molecule has 21 heavy (non-hydrogen) atoms. The number of hydrogen-bond acceptors (Lipinski definition) is 5. The van der Waals surface area contributed by atoms with Crippen molar-refractivity contribution in [3.8, 4) is 0 Å². The predicted molar refractivity (Wildman–Crippen MR) is 77.0 cm³/mol. The van der Waals surface area contributed by atoms with Gasteiger partial charge in [0.25, 0.3) is 0 Å². The van der Waals surface area contributed by atoms with E-state index in [1.165, 1.54) is 18.1 Å². The number of rotatable bonds is 5. The van der Waals surface area contributed by atoms with Gasteiger partial charge in [-0.25, -0.2) is 9.18 Å². The molecule has 1 aromatic carbocycles. The molecule has 1 atom stereocenters. The summed E-state index contributed by atoms with van der Waals surface area (Å²) >= 11 is 1.05. The van der Waals surface area contributed by atoms with Gasteiger partial charge in [-0.05, 0) is 24.6 Å².